The predicted octanol–water partition coefficient (Wildman–Crippen LogP) is 4.17. The van der Waals surface area contributed by atoms with Crippen LogP contribution in [0.4, 0.5) is 0 Å². The molecule has 0 aliphatic rings. The Hall–Kier alpha value is -2.88. The van der Waals surface area contributed by atoms with E-state index in [1.54, 1.807) is 0 Å². The van der Waals surface area contributed by atoms with Gasteiger partial charge in [-0.25, -0.2) is 0 Å². The van der Waals surface area contributed by atoms with Crippen LogP contribution in [0.3, 0.4) is 0 Å². The molecule has 0 atom stereocenters. The molecule has 0 bridgehead atoms. The standard InChI is InChI=1S/C22H24N2O2/c1-16-20(17(2)26-24-16)13-14-22(25)23-15-21(18-9-5-3-6-10-18)19-11-7-4-8-12-19/h3-12,21H,13-15H2,1-2H3,(H,23,25). The zero-order valence-corrected chi connectivity index (χ0v) is 15.2. The average molecular weight is 348 g/mol. The zero-order valence-electron chi connectivity index (χ0n) is 15.2. The largest absolute Gasteiger partial charge is 0.361 e. The van der Waals surface area contributed by atoms with Crippen molar-refractivity contribution in [2.45, 2.75) is 32.6 Å². The molecule has 134 valence electrons. The minimum absolute atomic E-state index is 0.0434. The molecule has 0 aliphatic heterocycles. The van der Waals surface area contributed by atoms with E-state index < -0.39 is 0 Å². The number of nitrogens with zero attached hydrogens (tertiary/aromatic N) is 1. The summed E-state index contributed by atoms with van der Waals surface area (Å²) in [6.07, 6.45) is 1.08. The molecule has 1 amide bonds. The second-order valence-corrected chi connectivity index (χ2v) is 6.48. The number of nitrogens with one attached hydrogen (secondary N) is 1. The van der Waals surface area contributed by atoms with Gasteiger partial charge in [-0.2, -0.15) is 0 Å². The molecule has 1 N–H and O–H groups in total. The molecule has 3 rings (SSSR count). The van der Waals surface area contributed by atoms with Crippen LogP contribution in [0.2, 0.25) is 0 Å². The van der Waals surface area contributed by atoms with E-state index in [9.17, 15) is 4.79 Å². The minimum Gasteiger partial charge on any atom is -0.361 e. The molecule has 0 radical (unpaired) electrons. The van der Waals surface area contributed by atoms with E-state index in [1.807, 2.05) is 50.2 Å². The Balaban J connectivity index is 1.63. The van der Waals surface area contributed by atoms with Gasteiger partial charge in [-0.05, 0) is 31.4 Å². The third kappa shape index (κ3) is 4.39. The van der Waals surface area contributed by atoms with Crippen molar-refractivity contribution in [1.82, 2.24) is 10.5 Å². The van der Waals surface area contributed by atoms with E-state index >= 15 is 0 Å². The van der Waals surface area contributed by atoms with E-state index in [0.29, 0.717) is 19.4 Å². The molecule has 3 aromatic rings. The van der Waals surface area contributed by atoms with Crippen LogP contribution < -0.4 is 5.32 Å². The summed E-state index contributed by atoms with van der Waals surface area (Å²) in [6.45, 7) is 4.37. The van der Waals surface area contributed by atoms with Crippen molar-refractivity contribution in [3.05, 3.63) is 88.8 Å². The first-order valence-electron chi connectivity index (χ1n) is 8.93. The molecular weight excluding hydrogens is 324 g/mol. The minimum atomic E-state index is 0.0434. The van der Waals surface area contributed by atoms with Gasteiger partial charge < -0.3 is 9.84 Å². The van der Waals surface area contributed by atoms with Crippen molar-refractivity contribution in [1.29, 1.82) is 0 Å². The summed E-state index contributed by atoms with van der Waals surface area (Å²) in [4.78, 5) is 12.4. The topological polar surface area (TPSA) is 55.1 Å². The highest BCUT2D eigenvalue weighted by Crippen LogP contribution is 2.23. The number of aromatic nitrogens is 1. The highest BCUT2D eigenvalue weighted by molar-refractivity contribution is 5.76. The van der Waals surface area contributed by atoms with E-state index in [4.69, 9.17) is 4.52 Å². The molecule has 0 saturated heterocycles. The summed E-state index contributed by atoms with van der Waals surface area (Å²) in [6, 6.07) is 20.6. The van der Waals surface area contributed by atoms with Crippen LogP contribution in [-0.4, -0.2) is 17.6 Å². The quantitative estimate of drug-likeness (QED) is 0.697. The molecule has 1 heterocycles. The summed E-state index contributed by atoms with van der Waals surface area (Å²) in [5.41, 5.74) is 4.29. The van der Waals surface area contributed by atoms with E-state index in [-0.39, 0.29) is 11.8 Å². The maximum Gasteiger partial charge on any atom is 0.220 e. The highest BCUT2D eigenvalue weighted by Gasteiger charge is 2.16. The first-order valence-corrected chi connectivity index (χ1v) is 8.93. The van der Waals surface area contributed by atoms with Crippen molar-refractivity contribution >= 4 is 5.91 Å². The maximum absolute atomic E-state index is 12.4. The monoisotopic (exact) mass is 348 g/mol. The van der Waals surface area contributed by atoms with Crippen LogP contribution >= 0.6 is 0 Å². The van der Waals surface area contributed by atoms with E-state index in [2.05, 4.69) is 34.7 Å². The molecule has 2 aromatic carbocycles. The molecule has 1 aromatic heterocycles. The second kappa shape index (κ2) is 8.48. The van der Waals surface area contributed by atoms with Gasteiger partial charge in [0.1, 0.15) is 5.76 Å². The van der Waals surface area contributed by atoms with Crippen LogP contribution in [0.1, 0.15) is 40.5 Å². The van der Waals surface area contributed by atoms with Crippen LogP contribution in [0.15, 0.2) is 65.2 Å². The van der Waals surface area contributed by atoms with Crippen LogP contribution in [0.5, 0.6) is 0 Å². The van der Waals surface area contributed by atoms with Gasteiger partial charge in [0.15, 0.2) is 0 Å². The molecule has 4 heteroatoms. The Bertz CT molecular complexity index is 782. The first-order chi connectivity index (χ1) is 12.6. The Morgan fingerprint density at radius 2 is 1.58 bits per heavy atom. The van der Waals surface area contributed by atoms with Crippen molar-refractivity contribution in [2.75, 3.05) is 6.54 Å². The van der Waals surface area contributed by atoms with Gasteiger partial charge in [0.25, 0.3) is 0 Å². The first kappa shape index (κ1) is 17.9. The fourth-order valence-corrected chi connectivity index (χ4v) is 3.20. The lowest BCUT2D eigenvalue weighted by Crippen LogP contribution is -2.29. The number of aryl methyl sites for hydroxylation is 2. The fourth-order valence-electron chi connectivity index (χ4n) is 3.20. The zero-order chi connectivity index (χ0) is 18.4. The summed E-state index contributed by atoms with van der Waals surface area (Å²) < 4.78 is 5.16. The van der Waals surface area contributed by atoms with Crippen molar-refractivity contribution in [3.8, 4) is 0 Å². The Labute approximate surface area is 154 Å². The molecule has 0 unspecified atom stereocenters. The average Bonchev–Trinajstić information content (AvgIpc) is 3.00. The molecule has 26 heavy (non-hydrogen) atoms. The molecule has 4 nitrogen and oxygen atoms in total. The van der Waals surface area contributed by atoms with E-state index in [0.717, 1.165) is 17.0 Å². The van der Waals surface area contributed by atoms with Crippen molar-refractivity contribution < 1.29 is 9.32 Å². The Morgan fingerprint density at radius 1 is 1.00 bits per heavy atom. The number of rotatable bonds is 7. The third-order valence-electron chi connectivity index (χ3n) is 4.69. The third-order valence-corrected chi connectivity index (χ3v) is 4.69. The lowest BCUT2D eigenvalue weighted by molar-refractivity contribution is -0.121. The SMILES string of the molecule is Cc1noc(C)c1CCC(=O)NCC(c1ccccc1)c1ccccc1. The Kier molecular flexibility index (Phi) is 5.84. The summed E-state index contributed by atoms with van der Waals surface area (Å²) in [5.74, 6) is 0.976. The number of hydrogen-bond donors (Lipinski definition) is 1. The lowest BCUT2D eigenvalue weighted by atomic mass is 9.91. The second-order valence-electron chi connectivity index (χ2n) is 6.48. The highest BCUT2D eigenvalue weighted by atomic mass is 16.5. The van der Waals surface area contributed by atoms with Gasteiger partial charge in [0.05, 0.1) is 5.69 Å². The molecule has 0 saturated carbocycles. The molecular formula is C22H24N2O2. The smallest absolute Gasteiger partial charge is 0.220 e. The predicted molar refractivity (Wildman–Crippen MR) is 102 cm³/mol. The normalized spacial score (nSPS) is 10.9. The van der Waals surface area contributed by atoms with E-state index in [1.165, 1.54) is 11.1 Å². The Morgan fingerprint density at radius 3 is 2.08 bits per heavy atom. The van der Waals surface area contributed by atoms with Crippen molar-refractivity contribution in [2.24, 2.45) is 0 Å². The van der Waals surface area contributed by atoms with Crippen LogP contribution in [-0.2, 0) is 11.2 Å². The molecule has 0 fully saturated rings. The fraction of sp³-hybridized carbons (Fsp3) is 0.273. The molecule has 0 aliphatic carbocycles. The molecule has 0 spiro atoms. The van der Waals surface area contributed by atoms with Gasteiger partial charge in [-0.3, -0.25) is 4.79 Å². The number of carbonyl (C=O) groups is 1. The van der Waals surface area contributed by atoms with Crippen molar-refractivity contribution in [3.63, 3.8) is 0 Å². The maximum atomic E-state index is 12.4. The van der Waals surface area contributed by atoms with Gasteiger partial charge in [0.2, 0.25) is 5.91 Å². The summed E-state index contributed by atoms with van der Waals surface area (Å²) in [7, 11) is 0. The van der Waals surface area contributed by atoms with Gasteiger partial charge in [-0.15, -0.1) is 0 Å². The van der Waals surface area contributed by atoms with Crippen LogP contribution in [0, 0.1) is 13.8 Å². The number of benzene rings is 2. The summed E-state index contributed by atoms with van der Waals surface area (Å²) >= 11 is 0. The van der Waals surface area contributed by atoms with Gasteiger partial charge in [0, 0.05) is 24.4 Å². The lowest BCUT2D eigenvalue weighted by Gasteiger charge is -2.19. The number of carbonyl (C=O) groups excluding carboxylic acids is 1. The number of amides is 1. The van der Waals surface area contributed by atoms with Crippen LogP contribution in [0.25, 0.3) is 0 Å². The van der Waals surface area contributed by atoms with Gasteiger partial charge >= 0.3 is 0 Å². The summed E-state index contributed by atoms with van der Waals surface area (Å²) in [5, 5.41) is 7.03. The number of hydrogen-bond acceptors (Lipinski definition) is 3. The van der Waals surface area contributed by atoms with Gasteiger partial charge in [-0.1, -0.05) is 65.8 Å².